The van der Waals surface area contributed by atoms with Crippen LogP contribution in [-0.4, -0.2) is 42.6 Å². The summed E-state index contributed by atoms with van der Waals surface area (Å²) in [5.41, 5.74) is 3.52. The molecule has 3 aromatic rings. The lowest BCUT2D eigenvalue weighted by Gasteiger charge is -2.34. The molecule has 0 bridgehead atoms. The second kappa shape index (κ2) is 9.41. The van der Waals surface area contributed by atoms with E-state index in [-0.39, 0.29) is 0 Å². The molecule has 2 heterocycles. The highest BCUT2D eigenvalue weighted by Gasteiger charge is 2.19. The maximum atomic E-state index is 5.34. The Hall–Kier alpha value is -2.70. The predicted molar refractivity (Wildman–Crippen MR) is 126 cm³/mol. The molecule has 1 N–H and O–H groups in total. The molecule has 2 aromatic carbocycles. The third kappa shape index (κ3) is 5.26. The largest absolute Gasteiger partial charge is 0.497 e. The summed E-state index contributed by atoms with van der Waals surface area (Å²) in [6, 6.07) is 20.9. The molecule has 156 valence electrons. The zero-order valence-electron chi connectivity index (χ0n) is 17.8. The highest BCUT2D eigenvalue weighted by molar-refractivity contribution is 7.97. The molecule has 1 fully saturated rings. The minimum absolute atomic E-state index is 0.891. The van der Waals surface area contributed by atoms with Gasteiger partial charge in [0.05, 0.1) is 7.11 Å². The number of ether oxygens (including phenoxy) is 1. The normalized spacial score (nSPS) is 14.6. The first-order valence-electron chi connectivity index (χ1n) is 10.2. The van der Waals surface area contributed by atoms with Gasteiger partial charge in [-0.3, -0.25) is 0 Å². The van der Waals surface area contributed by atoms with Crippen LogP contribution < -0.4 is 15.0 Å². The highest BCUT2D eigenvalue weighted by Crippen LogP contribution is 2.28. The third-order valence-electron chi connectivity index (χ3n) is 5.12. The van der Waals surface area contributed by atoms with Crippen LogP contribution in [0.25, 0.3) is 0 Å². The summed E-state index contributed by atoms with van der Waals surface area (Å²) in [5, 5.41) is 3.44. The van der Waals surface area contributed by atoms with Gasteiger partial charge >= 0.3 is 0 Å². The van der Waals surface area contributed by atoms with Gasteiger partial charge in [-0.25, -0.2) is 9.29 Å². The topological polar surface area (TPSA) is 40.6 Å². The number of aryl methyl sites for hydroxylation is 2. The van der Waals surface area contributed by atoms with Crippen LogP contribution in [0.2, 0.25) is 0 Å². The molecule has 1 aromatic heterocycles. The Balaban J connectivity index is 1.39. The van der Waals surface area contributed by atoms with E-state index in [1.54, 1.807) is 19.1 Å². The SMILES string of the molecule is COc1cccc(SN2CCN(c3cc(C)cc(Nc4ccc(C)cc4)n3)CC2)c1. The lowest BCUT2D eigenvalue weighted by atomic mass is 10.2. The molecule has 30 heavy (non-hydrogen) atoms. The van der Waals surface area contributed by atoms with Crippen LogP contribution in [0.15, 0.2) is 65.6 Å². The average Bonchev–Trinajstić information content (AvgIpc) is 2.76. The first-order valence-corrected chi connectivity index (χ1v) is 11.0. The Morgan fingerprint density at radius 1 is 0.900 bits per heavy atom. The fourth-order valence-corrected chi connectivity index (χ4v) is 4.43. The number of hydrogen-bond donors (Lipinski definition) is 1. The van der Waals surface area contributed by atoms with Crippen molar-refractivity contribution in [2.75, 3.05) is 43.5 Å². The lowest BCUT2D eigenvalue weighted by molar-refractivity contribution is 0.412. The zero-order valence-corrected chi connectivity index (χ0v) is 18.6. The van der Waals surface area contributed by atoms with E-state index in [4.69, 9.17) is 9.72 Å². The second-order valence-corrected chi connectivity index (χ2v) is 8.74. The van der Waals surface area contributed by atoms with Gasteiger partial charge in [-0.1, -0.05) is 23.8 Å². The Kier molecular flexibility index (Phi) is 6.45. The summed E-state index contributed by atoms with van der Waals surface area (Å²) in [4.78, 5) is 8.46. The molecule has 0 spiro atoms. The molecule has 1 aliphatic heterocycles. The number of aromatic nitrogens is 1. The lowest BCUT2D eigenvalue weighted by Crippen LogP contribution is -2.43. The van der Waals surface area contributed by atoms with Gasteiger partial charge in [-0.05, 0) is 73.8 Å². The van der Waals surface area contributed by atoms with Gasteiger partial charge in [0.2, 0.25) is 0 Å². The van der Waals surface area contributed by atoms with Crippen LogP contribution in [0.1, 0.15) is 11.1 Å². The number of rotatable bonds is 6. The molecule has 0 aliphatic carbocycles. The summed E-state index contributed by atoms with van der Waals surface area (Å²) < 4.78 is 7.74. The van der Waals surface area contributed by atoms with Crippen molar-refractivity contribution in [3.05, 3.63) is 71.8 Å². The van der Waals surface area contributed by atoms with Crippen molar-refractivity contribution in [3.8, 4) is 5.75 Å². The summed E-state index contributed by atoms with van der Waals surface area (Å²) in [5.74, 6) is 2.83. The number of anilines is 3. The first kappa shape index (κ1) is 20.6. The predicted octanol–water partition coefficient (Wildman–Crippen LogP) is 5.28. The van der Waals surface area contributed by atoms with Crippen LogP contribution in [-0.2, 0) is 0 Å². The maximum absolute atomic E-state index is 5.34. The van der Waals surface area contributed by atoms with Crippen LogP contribution in [0, 0.1) is 13.8 Å². The van der Waals surface area contributed by atoms with E-state index < -0.39 is 0 Å². The van der Waals surface area contributed by atoms with Crippen molar-refractivity contribution in [2.24, 2.45) is 0 Å². The van der Waals surface area contributed by atoms with Gasteiger partial charge in [0.1, 0.15) is 17.4 Å². The molecular formula is C24H28N4OS. The highest BCUT2D eigenvalue weighted by atomic mass is 32.2. The van der Waals surface area contributed by atoms with E-state index >= 15 is 0 Å². The number of piperazine rings is 1. The van der Waals surface area contributed by atoms with Crippen molar-refractivity contribution >= 4 is 29.3 Å². The van der Waals surface area contributed by atoms with Crippen LogP contribution in [0.5, 0.6) is 5.75 Å². The van der Waals surface area contributed by atoms with Crippen molar-refractivity contribution in [3.63, 3.8) is 0 Å². The maximum Gasteiger partial charge on any atom is 0.133 e. The minimum Gasteiger partial charge on any atom is -0.497 e. The van der Waals surface area contributed by atoms with Crippen LogP contribution >= 0.6 is 11.9 Å². The Labute approximate surface area is 183 Å². The van der Waals surface area contributed by atoms with Crippen molar-refractivity contribution < 1.29 is 4.74 Å². The van der Waals surface area contributed by atoms with E-state index in [0.717, 1.165) is 49.3 Å². The number of methoxy groups -OCH3 is 1. The molecule has 0 saturated carbocycles. The molecule has 0 radical (unpaired) electrons. The molecule has 6 heteroatoms. The van der Waals surface area contributed by atoms with Gasteiger partial charge < -0.3 is 15.0 Å². The van der Waals surface area contributed by atoms with Gasteiger partial charge in [0.15, 0.2) is 0 Å². The number of hydrogen-bond acceptors (Lipinski definition) is 6. The average molecular weight is 421 g/mol. The van der Waals surface area contributed by atoms with E-state index in [0.29, 0.717) is 0 Å². The minimum atomic E-state index is 0.891. The number of pyridine rings is 1. The number of nitrogens with zero attached hydrogens (tertiary/aromatic N) is 3. The van der Waals surface area contributed by atoms with Gasteiger partial charge in [-0.2, -0.15) is 0 Å². The van der Waals surface area contributed by atoms with E-state index in [1.165, 1.54) is 16.0 Å². The summed E-state index contributed by atoms with van der Waals surface area (Å²) in [6.07, 6.45) is 0. The van der Waals surface area contributed by atoms with Crippen molar-refractivity contribution in [1.82, 2.24) is 9.29 Å². The molecule has 4 rings (SSSR count). The molecule has 0 amide bonds. The van der Waals surface area contributed by atoms with E-state index in [9.17, 15) is 0 Å². The summed E-state index contributed by atoms with van der Waals surface area (Å²) >= 11 is 1.79. The van der Waals surface area contributed by atoms with Crippen molar-refractivity contribution in [2.45, 2.75) is 18.7 Å². The Morgan fingerprint density at radius 3 is 2.40 bits per heavy atom. The van der Waals surface area contributed by atoms with Crippen molar-refractivity contribution in [1.29, 1.82) is 0 Å². The van der Waals surface area contributed by atoms with E-state index in [1.807, 2.05) is 12.1 Å². The standard InChI is InChI=1S/C24H28N4OS/c1-18-7-9-20(10-8-18)25-23-15-19(2)16-24(26-23)27-11-13-28(14-12-27)30-22-6-4-5-21(17-22)29-3/h4-10,15-17H,11-14H2,1-3H3,(H,25,26). The zero-order chi connectivity index (χ0) is 20.9. The Bertz CT molecular complexity index is 985. The smallest absolute Gasteiger partial charge is 0.133 e. The monoisotopic (exact) mass is 420 g/mol. The molecule has 0 unspecified atom stereocenters. The fraction of sp³-hybridized carbons (Fsp3) is 0.292. The molecule has 1 aliphatic rings. The van der Waals surface area contributed by atoms with E-state index in [2.05, 4.69) is 76.9 Å². The van der Waals surface area contributed by atoms with Gasteiger partial charge in [-0.15, -0.1) is 0 Å². The molecule has 5 nitrogen and oxygen atoms in total. The summed E-state index contributed by atoms with van der Waals surface area (Å²) in [6.45, 7) is 8.10. The van der Waals surface area contributed by atoms with Gasteiger partial charge in [0, 0.05) is 36.8 Å². The second-order valence-electron chi connectivity index (χ2n) is 7.57. The third-order valence-corrected chi connectivity index (χ3v) is 6.21. The molecule has 0 atom stereocenters. The fourth-order valence-electron chi connectivity index (χ4n) is 3.48. The molecular weight excluding hydrogens is 392 g/mol. The van der Waals surface area contributed by atoms with Crippen LogP contribution in [0.4, 0.5) is 17.3 Å². The first-order chi connectivity index (χ1) is 14.6. The van der Waals surface area contributed by atoms with Crippen LogP contribution in [0.3, 0.4) is 0 Å². The Morgan fingerprint density at radius 2 is 1.67 bits per heavy atom. The van der Waals surface area contributed by atoms with Gasteiger partial charge in [0.25, 0.3) is 0 Å². The molecule has 1 saturated heterocycles. The number of benzene rings is 2. The summed E-state index contributed by atoms with van der Waals surface area (Å²) in [7, 11) is 1.71. The quantitative estimate of drug-likeness (QED) is 0.547. The number of nitrogens with one attached hydrogen (secondary N) is 1.